The largest absolute Gasteiger partial charge is 0.493 e. The minimum absolute atomic E-state index is 0.125. The molecule has 1 unspecified atom stereocenters. The van der Waals surface area contributed by atoms with E-state index in [0.717, 1.165) is 5.56 Å². The summed E-state index contributed by atoms with van der Waals surface area (Å²) in [6.45, 7) is 2.86. The van der Waals surface area contributed by atoms with Crippen molar-refractivity contribution >= 4 is 11.8 Å². The molecule has 0 saturated carbocycles. The Kier molecular flexibility index (Phi) is 5.61. The zero-order valence-electron chi connectivity index (χ0n) is 15.3. The van der Waals surface area contributed by atoms with Gasteiger partial charge in [0.05, 0.1) is 19.6 Å². The van der Waals surface area contributed by atoms with Crippen LogP contribution in [-0.4, -0.2) is 42.2 Å². The Morgan fingerprint density at radius 3 is 2.70 bits per heavy atom. The summed E-state index contributed by atoms with van der Waals surface area (Å²) in [5.41, 5.74) is 3.89. The third-order valence-electron chi connectivity index (χ3n) is 4.62. The van der Waals surface area contributed by atoms with Gasteiger partial charge in [0.15, 0.2) is 11.5 Å². The highest BCUT2D eigenvalue weighted by Gasteiger charge is 2.32. The van der Waals surface area contributed by atoms with E-state index >= 15 is 0 Å². The third kappa shape index (κ3) is 3.73. The van der Waals surface area contributed by atoms with Gasteiger partial charge in [-0.1, -0.05) is 24.3 Å². The summed E-state index contributed by atoms with van der Waals surface area (Å²) in [6, 6.07) is 12.5. The first-order valence-corrected chi connectivity index (χ1v) is 8.70. The van der Waals surface area contributed by atoms with Crippen LogP contribution < -0.4 is 15.0 Å². The van der Waals surface area contributed by atoms with Gasteiger partial charge in [-0.3, -0.25) is 14.8 Å². The van der Waals surface area contributed by atoms with Crippen molar-refractivity contribution in [2.75, 3.05) is 20.3 Å². The topological polar surface area (TPSA) is 88.1 Å². The average molecular weight is 370 g/mol. The summed E-state index contributed by atoms with van der Waals surface area (Å²) < 4.78 is 10.8. The van der Waals surface area contributed by atoms with Crippen LogP contribution in [0.5, 0.6) is 11.5 Å². The van der Waals surface area contributed by atoms with Gasteiger partial charge in [-0.05, 0) is 36.2 Å². The van der Waals surface area contributed by atoms with Crippen molar-refractivity contribution in [1.82, 2.24) is 10.4 Å². The van der Waals surface area contributed by atoms with Crippen molar-refractivity contribution in [2.24, 2.45) is 0 Å². The molecular weight excluding hydrogens is 348 g/mol. The fourth-order valence-corrected chi connectivity index (χ4v) is 3.28. The summed E-state index contributed by atoms with van der Waals surface area (Å²) in [4.78, 5) is 26.6. The van der Waals surface area contributed by atoms with E-state index in [2.05, 4.69) is 0 Å². The number of rotatable bonds is 7. The average Bonchev–Trinajstić information content (AvgIpc) is 3.01. The maximum atomic E-state index is 12.6. The first kappa shape index (κ1) is 18.7. The van der Waals surface area contributed by atoms with Crippen molar-refractivity contribution in [3.05, 3.63) is 59.2 Å². The Labute approximate surface area is 157 Å². The maximum Gasteiger partial charge on any atom is 0.254 e. The number of ether oxygens (including phenoxy) is 2. The van der Waals surface area contributed by atoms with E-state index in [1.807, 2.05) is 25.1 Å². The lowest BCUT2D eigenvalue weighted by Gasteiger charge is -2.23. The van der Waals surface area contributed by atoms with Crippen molar-refractivity contribution in [3.8, 4) is 11.5 Å². The Bertz CT molecular complexity index is 852. The highest BCUT2D eigenvalue weighted by atomic mass is 16.5. The maximum absolute atomic E-state index is 12.6. The number of amides is 2. The van der Waals surface area contributed by atoms with Crippen LogP contribution in [-0.2, 0) is 11.3 Å². The van der Waals surface area contributed by atoms with E-state index in [4.69, 9.17) is 9.47 Å². The number of fused-ring (bicyclic) bond motifs is 1. The molecular formula is C20H22N2O5. The van der Waals surface area contributed by atoms with Crippen LogP contribution in [0.15, 0.2) is 42.5 Å². The highest BCUT2D eigenvalue weighted by Crippen LogP contribution is 2.33. The van der Waals surface area contributed by atoms with Crippen molar-refractivity contribution in [1.29, 1.82) is 0 Å². The van der Waals surface area contributed by atoms with Crippen LogP contribution in [0.25, 0.3) is 0 Å². The second-order valence-corrected chi connectivity index (χ2v) is 6.21. The van der Waals surface area contributed by atoms with Crippen LogP contribution in [0.3, 0.4) is 0 Å². The molecule has 0 saturated heterocycles. The molecule has 2 aromatic carbocycles. The molecule has 142 valence electrons. The lowest BCUT2D eigenvalue weighted by molar-refractivity contribution is -0.131. The van der Waals surface area contributed by atoms with Gasteiger partial charge in [-0.25, -0.2) is 5.48 Å². The molecule has 1 aliphatic rings. The number of nitrogens with zero attached hydrogens (tertiary/aromatic N) is 1. The second kappa shape index (κ2) is 8.09. The van der Waals surface area contributed by atoms with Crippen LogP contribution in [0.2, 0.25) is 0 Å². The molecule has 3 rings (SSSR count). The molecule has 2 aromatic rings. The molecule has 1 atom stereocenters. The van der Waals surface area contributed by atoms with Gasteiger partial charge in [0.2, 0.25) is 0 Å². The Morgan fingerprint density at radius 1 is 1.26 bits per heavy atom. The summed E-state index contributed by atoms with van der Waals surface area (Å²) >= 11 is 0. The first-order chi connectivity index (χ1) is 13.1. The molecule has 1 aliphatic heterocycles. The van der Waals surface area contributed by atoms with E-state index in [9.17, 15) is 14.8 Å². The minimum Gasteiger partial charge on any atom is -0.493 e. The highest BCUT2D eigenvalue weighted by molar-refractivity contribution is 5.98. The first-order valence-electron chi connectivity index (χ1n) is 8.70. The standard InChI is InChI=1S/C20H22N2O5/c1-3-27-18-10-13(8-9-17(18)26-2)16(19(23)21-25)12-22-11-14-6-4-5-7-15(14)20(22)24/h4-10,16,25H,3,11-12H2,1-2H3,(H,21,23). The minimum atomic E-state index is -0.752. The van der Waals surface area contributed by atoms with Crippen LogP contribution in [0.4, 0.5) is 0 Å². The Morgan fingerprint density at radius 2 is 2.04 bits per heavy atom. The van der Waals surface area contributed by atoms with Gasteiger partial charge in [-0.15, -0.1) is 0 Å². The third-order valence-corrected chi connectivity index (χ3v) is 4.62. The van der Waals surface area contributed by atoms with E-state index < -0.39 is 11.8 Å². The molecule has 0 radical (unpaired) electrons. The van der Waals surface area contributed by atoms with Gasteiger partial charge in [-0.2, -0.15) is 0 Å². The second-order valence-electron chi connectivity index (χ2n) is 6.21. The number of carbonyl (C=O) groups excluding carboxylic acids is 2. The summed E-state index contributed by atoms with van der Waals surface area (Å²) in [5, 5.41) is 9.19. The monoisotopic (exact) mass is 370 g/mol. The molecule has 0 fully saturated rings. The number of hydroxylamine groups is 1. The normalized spacial score (nSPS) is 13.9. The molecule has 27 heavy (non-hydrogen) atoms. The molecule has 1 heterocycles. The quantitative estimate of drug-likeness (QED) is 0.577. The summed E-state index contributed by atoms with van der Waals surface area (Å²) in [5.74, 6) is -0.415. The number of methoxy groups -OCH3 is 1. The van der Waals surface area contributed by atoms with E-state index in [1.54, 1.807) is 34.6 Å². The van der Waals surface area contributed by atoms with E-state index in [0.29, 0.717) is 35.8 Å². The van der Waals surface area contributed by atoms with Crippen LogP contribution >= 0.6 is 0 Å². The SMILES string of the molecule is CCOc1cc(C(CN2Cc3ccccc3C2=O)C(=O)NO)ccc1OC. The molecule has 2 amide bonds. The van der Waals surface area contributed by atoms with Crippen LogP contribution in [0, 0.1) is 0 Å². The number of hydrogen-bond acceptors (Lipinski definition) is 5. The molecule has 7 nitrogen and oxygen atoms in total. The Hall–Kier alpha value is -3.06. The van der Waals surface area contributed by atoms with Gasteiger partial charge in [0, 0.05) is 18.7 Å². The molecule has 0 aliphatic carbocycles. The fraction of sp³-hybridized carbons (Fsp3) is 0.300. The molecule has 2 N–H and O–H groups in total. The van der Waals surface area contributed by atoms with Gasteiger partial charge in [0.1, 0.15) is 0 Å². The fourth-order valence-electron chi connectivity index (χ4n) is 3.28. The zero-order valence-corrected chi connectivity index (χ0v) is 15.3. The van der Waals surface area contributed by atoms with E-state index in [1.165, 1.54) is 7.11 Å². The number of nitrogens with one attached hydrogen (secondary N) is 1. The van der Waals surface area contributed by atoms with Crippen molar-refractivity contribution in [3.63, 3.8) is 0 Å². The van der Waals surface area contributed by atoms with Gasteiger partial charge < -0.3 is 14.4 Å². The lowest BCUT2D eigenvalue weighted by atomic mass is 9.97. The van der Waals surface area contributed by atoms with Crippen LogP contribution in [0.1, 0.15) is 34.3 Å². The zero-order chi connectivity index (χ0) is 19.4. The smallest absolute Gasteiger partial charge is 0.254 e. The number of hydrogen-bond donors (Lipinski definition) is 2. The lowest BCUT2D eigenvalue weighted by Crippen LogP contribution is -2.36. The molecule has 0 spiro atoms. The summed E-state index contributed by atoms with van der Waals surface area (Å²) in [6.07, 6.45) is 0. The van der Waals surface area contributed by atoms with Crippen molar-refractivity contribution in [2.45, 2.75) is 19.4 Å². The molecule has 7 heteroatoms. The number of carbonyl (C=O) groups is 2. The van der Waals surface area contributed by atoms with E-state index in [-0.39, 0.29) is 12.5 Å². The molecule has 0 aromatic heterocycles. The van der Waals surface area contributed by atoms with Gasteiger partial charge in [0.25, 0.3) is 11.8 Å². The Balaban J connectivity index is 1.89. The van der Waals surface area contributed by atoms with Crippen molar-refractivity contribution < 1.29 is 24.3 Å². The predicted octanol–water partition coefficient (Wildman–Crippen LogP) is 2.34. The molecule has 0 bridgehead atoms. The number of benzene rings is 2. The van der Waals surface area contributed by atoms with Gasteiger partial charge >= 0.3 is 0 Å². The predicted molar refractivity (Wildman–Crippen MR) is 98.0 cm³/mol. The summed E-state index contributed by atoms with van der Waals surface area (Å²) in [7, 11) is 1.54.